The van der Waals surface area contributed by atoms with Crippen molar-refractivity contribution in [1.29, 1.82) is 0 Å². The van der Waals surface area contributed by atoms with Crippen LogP contribution < -0.4 is 10.1 Å². The van der Waals surface area contributed by atoms with Crippen molar-refractivity contribution >= 4 is 5.91 Å². The average molecular weight is 281 g/mol. The first-order valence-electron chi connectivity index (χ1n) is 6.75. The lowest BCUT2D eigenvalue weighted by atomic mass is 10.0. The van der Waals surface area contributed by atoms with Crippen molar-refractivity contribution in [2.24, 2.45) is 5.92 Å². The molecule has 0 saturated heterocycles. The molecule has 1 unspecified atom stereocenters. The van der Waals surface area contributed by atoms with Crippen LogP contribution in [0.5, 0.6) is 11.5 Å². The van der Waals surface area contributed by atoms with Crippen molar-refractivity contribution in [3.8, 4) is 11.5 Å². The highest BCUT2D eigenvalue weighted by Gasteiger charge is 2.18. The number of aromatic hydroxyl groups is 1. The van der Waals surface area contributed by atoms with Gasteiger partial charge in [-0.1, -0.05) is 13.8 Å². The van der Waals surface area contributed by atoms with Crippen molar-refractivity contribution in [3.63, 3.8) is 0 Å². The minimum atomic E-state index is -0.235. The van der Waals surface area contributed by atoms with Crippen molar-refractivity contribution < 1.29 is 19.4 Å². The maximum Gasteiger partial charge on any atom is 0.251 e. The molecular weight excluding hydrogens is 258 g/mol. The molecule has 0 radical (unpaired) electrons. The van der Waals surface area contributed by atoms with E-state index in [4.69, 9.17) is 9.47 Å². The molecule has 1 amide bonds. The predicted molar refractivity (Wildman–Crippen MR) is 77.2 cm³/mol. The van der Waals surface area contributed by atoms with E-state index in [9.17, 15) is 9.90 Å². The van der Waals surface area contributed by atoms with Crippen LogP contribution >= 0.6 is 0 Å². The Labute approximate surface area is 119 Å². The molecule has 1 rings (SSSR count). The number of nitrogens with one attached hydrogen (secondary N) is 1. The molecule has 0 aliphatic rings. The standard InChI is InChI=1S/C15H23NO4/c1-5-20-9-12(10(2)3)16-15(18)11-6-7-14(19-4)13(17)8-11/h6-8,10,12,17H,5,9H2,1-4H3,(H,16,18). The first-order valence-corrected chi connectivity index (χ1v) is 6.75. The largest absolute Gasteiger partial charge is 0.504 e. The van der Waals surface area contributed by atoms with Crippen LogP contribution in [0.4, 0.5) is 0 Å². The second-order valence-electron chi connectivity index (χ2n) is 4.87. The third-order valence-electron chi connectivity index (χ3n) is 3.06. The van der Waals surface area contributed by atoms with Crippen molar-refractivity contribution in [2.45, 2.75) is 26.8 Å². The quantitative estimate of drug-likeness (QED) is 0.804. The number of benzene rings is 1. The summed E-state index contributed by atoms with van der Waals surface area (Å²) in [6.45, 7) is 7.05. The minimum Gasteiger partial charge on any atom is -0.504 e. The molecule has 0 spiro atoms. The fourth-order valence-electron chi connectivity index (χ4n) is 1.73. The highest BCUT2D eigenvalue weighted by atomic mass is 16.5. The van der Waals surface area contributed by atoms with Crippen LogP contribution in [0, 0.1) is 5.92 Å². The lowest BCUT2D eigenvalue weighted by Gasteiger charge is -2.22. The fraction of sp³-hybridized carbons (Fsp3) is 0.533. The summed E-state index contributed by atoms with van der Waals surface area (Å²) in [6.07, 6.45) is 0. The van der Waals surface area contributed by atoms with E-state index in [1.165, 1.54) is 13.2 Å². The molecular formula is C15H23NO4. The van der Waals surface area contributed by atoms with Gasteiger partial charge >= 0.3 is 0 Å². The molecule has 112 valence electrons. The number of rotatable bonds is 7. The summed E-state index contributed by atoms with van der Waals surface area (Å²) in [5.74, 6) is 0.320. The molecule has 0 saturated carbocycles. The number of hydrogen-bond acceptors (Lipinski definition) is 4. The summed E-state index contributed by atoms with van der Waals surface area (Å²) >= 11 is 0. The Bertz CT molecular complexity index is 445. The van der Waals surface area contributed by atoms with E-state index in [-0.39, 0.29) is 23.6 Å². The van der Waals surface area contributed by atoms with Gasteiger partial charge in [-0.05, 0) is 31.0 Å². The summed E-state index contributed by atoms with van der Waals surface area (Å²) in [6, 6.07) is 4.52. The molecule has 1 atom stereocenters. The zero-order valence-corrected chi connectivity index (χ0v) is 12.5. The average Bonchev–Trinajstić information content (AvgIpc) is 2.42. The number of carbonyl (C=O) groups is 1. The Hall–Kier alpha value is -1.75. The highest BCUT2D eigenvalue weighted by molar-refractivity contribution is 5.95. The van der Waals surface area contributed by atoms with E-state index in [1.54, 1.807) is 12.1 Å². The normalized spacial score (nSPS) is 12.2. The summed E-state index contributed by atoms with van der Waals surface area (Å²) in [5, 5.41) is 12.6. The Morgan fingerprint density at radius 2 is 2.10 bits per heavy atom. The summed E-state index contributed by atoms with van der Waals surface area (Å²) in [4.78, 5) is 12.2. The van der Waals surface area contributed by atoms with Gasteiger partial charge in [-0.3, -0.25) is 4.79 Å². The Morgan fingerprint density at radius 1 is 1.40 bits per heavy atom. The molecule has 0 aromatic heterocycles. The zero-order valence-electron chi connectivity index (χ0n) is 12.5. The molecule has 1 aromatic rings. The smallest absolute Gasteiger partial charge is 0.251 e. The topological polar surface area (TPSA) is 67.8 Å². The first-order chi connectivity index (χ1) is 9.49. The Balaban J connectivity index is 2.75. The fourth-order valence-corrected chi connectivity index (χ4v) is 1.73. The van der Waals surface area contributed by atoms with Gasteiger partial charge in [0.05, 0.1) is 19.8 Å². The number of carbonyl (C=O) groups excluding carboxylic acids is 1. The SMILES string of the molecule is CCOCC(NC(=O)c1ccc(OC)c(O)c1)C(C)C. The molecule has 1 aromatic carbocycles. The van der Waals surface area contributed by atoms with Crippen LogP contribution in [0.2, 0.25) is 0 Å². The van der Waals surface area contributed by atoms with Crippen LogP contribution in [0.3, 0.4) is 0 Å². The molecule has 2 N–H and O–H groups in total. The number of ether oxygens (including phenoxy) is 2. The van der Waals surface area contributed by atoms with Gasteiger partial charge in [-0.15, -0.1) is 0 Å². The van der Waals surface area contributed by atoms with Gasteiger partial charge in [0.1, 0.15) is 0 Å². The third kappa shape index (κ3) is 4.42. The third-order valence-corrected chi connectivity index (χ3v) is 3.06. The number of hydrogen-bond donors (Lipinski definition) is 2. The van der Waals surface area contributed by atoms with E-state index in [0.717, 1.165) is 0 Å². The molecule has 0 heterocycles. The highest BCUT2D eigenvalue weighted by Crippen LogP contribution is 2.26. The number of phenolic OH excluding ortho intramolecular Hbond substituents is 1. The van der Waals surface area contributed by atoms with E-state index >= 15 is 0 Å². The van der Waals surface area contributed by atoms with Gasteiger partial charge in [-0.25, -0.2) is 0 Å². The van der Waals surface area contributed by atoms with Crippen LogP contribution in [0.25, 0.3) is 0 Å². The molecule has 0 bridgehead atoms. The second kappa shape index (κ2) is 7.75. The van der Waals surface area contributed by atoms with Gasteiger partial charge in [-0.2, -0.15) is 0 Å². The summed E-state index contributed by atoms with van der Waals surface area (Å²) in [7, 11) is 1.46. The second-order valence-corrected chi connectivity index (χ2v) is 4.87. The van der Waals surface area contributed by atoms with Gasteiger partial charge in [0, 0.05) is 12.2 Å². The molecule has 5 nitrogen and oxygen atoms in total. The Kier molecular flexibility index (Phi) is 6.31. The van der Waals surface area contributed by atoms with E-state index < -0.39 is 0 Å². The van der Waals surface area contributed by atoms with Crippen molar-refractivity contribution in [2.75, 3.05) is 20.3 Å². The van der Waals surface area contributed by atoms with Crippen molar-refractivity contribution in [1.82, 2.24) is 5.32 Å². The van der Waals surface area contributed by atoms with Gasteiger partial charge in [0.25, 0.3) is 5.91 Å². The minimum absolute atomic E-state index is 0.0499. The van der Waals surface area contributed by atoms with Crippen LogP contribution in [-0.4, -0.2) is 37.4 Å². The summed E-state index contributed by atoms with van der Waals surface area (Å²) < 4.78 is 10.3. The van der Waals surface area contributed by atoms with Crippen molar-refractivity contribution in [3.05, 3.63) is 23.8 Å². The first kappa shape index (κ1) is 16.3. The molecule has 0 aliphatic heterocycles. The molecule has 0 fully saturated rings. The lowest BCUT2D eigenvalue weighted by Crippen LogP contribution is -2.41. The maximum absolute atomic E-state index is 12.2. The van der Waals surface area contributed by atoms with Crippen LogP contribution in [0.1, 0.15) is 31.1 Å². The molecule has 0 aliphatic carbocycles. The molecule has 20 heavy (non-hydrogen) atoms. The monoisotopic (exact) mass is 281 g/mol. The van der Waals surface area contributed by atoms with Crippen LogP contribution in [-0.2, 0) is 4.74 Å². The predicted octanol–water partition coefficient (Wildman–Crippen LogP) is 2.19. The van der Waals surface area contributed by atoms with Gasteiger partial charge in [0.15, 0.2) is 11.5 Å². The Morgan fingerprint density at radius 3 is 2.60 bits per heavy atom. The number of methoxy groups -OCH3 is 1. The summed E-state index contributed by atoms with van der Waals surface area (Å²) in [5.41, 5.74) is 0.394. The van der Waals surface area contributed by atoms with Gasteiger partial charge < -0.3 is 19.9 Å². The van der Waals surface area contributed by atoms with Crippen LogP contribution in [0.15, 0.2) is 18.2 Å². The van der Waals surface area contributed by atoms with Gasteiger partial charge in [0.2, 0.25) is 0 Å². The van der Waals surface area contributed by atoms with E-state index in [1.807, 2.05) is 20.8 Å². The lowest BCUT2D eigenvalue weighted by molar-refractivity contribution is 0.0806. The number of phenols is 1. The zero-order chi connectivity index (χ0) is 15.1. The van der Waals surface area contributed by atoms with E-state index in [0.29, 0.717) is 24.5 Å². The van der Waals surface area contributed by atoms with E-state index in [2.05, 4.69) is 5.32 Å². The number of amides is 1. The molecule has 5 heteroatoms. The maximum atomic E-state index is 12.2.